The zero-order valence-corrected chi connectivity index (χ0v) is 10.6. The maximum absolute atomic E-state index is 11.9. The molecule has 0 spiro atoms. The number of carbonyl (C=O) groups excluding carboxylic acids is 1. The topological polar surface area (TPSA) is 84.0 Å². The van der Waals surface area contributed by atoms with E-state index in [0.717, 1.165) is 16.3 Å². The lowest BCUT2D eigenvalue weighted by molar-refractivity contribution is 0.102. The minimum absolute atomic E-state index is 0.109. The van der Waals surface area contributed by atoms with Crippen LogP contribution in [0.3, 0.4) is 0 Å². The molecule has 0 atom stereocenters. The van der Waals surface area contributed by atoms with Gasteiger partial charge in [-0.3, -0.25) is 14.2 Å². The predicted molar refractivity (Wildman–Crippen MR) is 71.4 cm³/mol. The number of anilines is 1. The van der Waals surface area contributed by atoms with Gasteiger partial charge in [-0.15, -0.1) is 0 Å². The van der Waals surface area contributed by atoms with Gasteiger partial charge in [-0.25, -0.2) is 4.79 Å². The van der Waals surface area contributed by atoms with Gasteiger partial charge in [0.2, 0.25) is 0 Å². The second kappa shape index (κ2) is 4.93. The second-order valence-corrected chi connectivity index (χ2v) is 4.19. The molecule has 98 valence electrons. The van der Waals surface area contributed by atoms with Gasteiger partial charge in [-0.2, -0.15) is 0 Å². The van der Waals surface area contributed by atoms with Crippen LogP contribution in [0.15, 0.2) is 40.1 Å². The van der Waals surface area contributed by atoms with Crippen LogP contribution in [0.2, 0.25) is 0 Å². The molecule has 6 heteroatoms. The smallest absolute Gasteiger partial charge is 0.322 e. The van der Waals surface area contributed by atoms with Crippen molar-refractivity contribution >= 4 is 11.6 Å². The lowest BCUT2D eigenvalue weighted by Gasteiger charge is -2.05. The van der Waals surface area contributed by atoms with E-state index in [-0.39, 0.29) is 5.56 Å². The van der Waals surface area contributed by atoms with E-state index in [1.54, 1.807) is 12.1 Å². The normalized spacial score (nSPS) is 10.2. The van der Waals surface area contributed by atoms with E-state index >= 15 is 0 Å². The molecular weight excluding hydrogens is 246 g/mol. The van der Waals surface area contributed by atoms with E-state index in [1.807, 2.05) is 19.1 Å². The first-order valence-corrected chi connectivity index (χ1v) is 5.66. The van der Waals surface area contributed by atoms with Crippen LogP contribution >= 0.6 is 0 Å². The predicted octanol–water partition coefficient (Wildman–Crippen LogP) is 0.634. The number of nitrogens with zero attached hydrogens (tertiary/aromatic N) is 1. The van der Waals surface area contributed by atoms with Crippen LogP contribution in [-0.4, -0.2) is 15.5 Å². The fraction of sp³-hybridized carbons (Fsp3) is 0.154. The monoisotopic (exact) mass is 259 g/mol. The van der Waals surface area contributed by atoms with E-state index in [0.29, 0.717) is 5.69 Å². The van der Waals surface area contributed by atoms with Crippen molar-refractivity contribution in [3.8, 4) is 0 Å². The zero-order valence-electron chi connectivity index (χ0n) is 10.6. The van der Waals surface area contributed by atoms with Crippen molar-refractivity contribution in [3.63, 3.8) is 0 Å². The third-order valence-corrected chi connectivity index (χ3v) is 2.73. The van der Waals surface area contributed by atoms with E-state index < -0.39 is 17.2 Å². The Balaban J connectivity index is 2.31. The van der Waals surface area contributed by atoms with Gasteiger partial charge < -0.3 is 10.3 Å². The summed E-state index contributed by atoms with van der Waals surface area (Å²) in [6.07, 6.45) is 1.12. The van der Waals surface area contributed by atoms with Gasteiger partial charge in [0.05, 0.1) is 0 Å². The molecule has 2 aromatic rings. The Morgan fingerprint density at radius 2 is 1.84 bits per heavy atom. The minimum Gasteiger partial charge on any atom is -0.322 e. The largest absolute Gasteiger partial charge is 0.328 e. The van der Waals surface area contributed by atoms with Crippen molar-refractivity contribution in [2.24, 2.45) is 7.05 Å². The number of H-pyrrole nitrogens is 1. The van der Waals surface area contributed by atoms with Crippen LogP contribution in [0, 0.1) is 6.92 Å². The number of aryl methyl sites for hydroxylation is 1. The third-order valence-electron chi connectivity index (χ3n) is 2.73. The highest BCUT2D eigenvalue weighted by atomic mass is 16.2. The first kappa shape index (κ1) is 12.8. The molecule has 0 fully saturated rings. The van der Waals surface area contributed by atoms with Gasteiger partial charge in [-0.05, 0) is 19.1 Å². The van der Waals surface area contributed by atoms with E-state index in [9.17, 15) is 14.4 Å². The van der Waals surface area contributed by atoms with Crippen molar-refractivity contribution in [1.82, 2.24) is 9.55 Å². The number of amides is 1. The molecule has 2 N–H and O–H groups in total. The average Bonchev–Trinajstić information content (AvgIpc) is 2.39. The van der Waals surface area contributed by atoms with Crippen LogP contribution in [0.5, 0.6) is 0 Å². The maximum atomic E-state index is 11.9. The van der Waals surface area contributed by atoms with E-state index in [1.165, 1.54) is 7.05 Å². The molecule has 1 amide bonds. The minimum atomic E-state index is -0.631. The lowest BCUT2D eigenvalue weighted by atomic mass is 10.2. The van der Waals surface area contributed by atoms with E-state index in [4.69, 9.17) is 0 Å². The highest BCUT2D eigenvalue weighted by molar-refractivity contribution is 6.03. The number of nitrogens with one attached hydrogen (secondary N) is 2. The van der Waals surface area contributed by atoms with Crippen LogP contribution in [0.1, 0.15) is 15.9 Å². The average molecular weight is 259 g/mol. The fourth-order valence-corrected chi connectivity index (χ4v) is 1.56. The van der Waals surface area contributed by atoms with Crippen molar-refractivity contribution in [3.05, 3.63) is 62.4 Å². The molecule has 0 aliphatic rings. The Labute approximate surface area is 108 Å². The number of hydrogen-bond donors (Lipinski definition) is 2. The van der Waals surface area contributed by atoms with Crippen LogP contribution < -0.4 is 16.6 Å². The summed E-state index contributed by atoms with van der Waals surface area (Å²) in [5.74, 6) is -0.555. The Morgan fingerprint density at radius 1 is 1.21 bits per heavy atom. The SMILES string of the molecule is Cc1ccc(NC(=O)c2c[nH]c(=O)n(C)c2=O)cc1. The van der Waals surface area contributed by atoms with Crippen molar-refractivity contribution in [2.75, 3.05) is 5.32 Å². The van der Waals surface area contributed by atoms with Crippen molar-refractivity contribution in [1.29, 1.82) is 0 Å². The van der Waals surface area contributed by atoms with Crippen molar-refractivity contribution in [2.45, 2.75) is 6.92 Å². The number of rotatable bonds is 2. The molecule has 0 radical (unpaired) electrons. The second-order valence-electron chi connectivity index (χ2n) is 4.19. The summed E-state index contributed by atoms with van der Waals surface area (Å²) in [6.45, 7) is 1.93. The highest BCUT2D eigenvalue weighted by Crippen LogP contribution is 2.09. The van der Waals surface area contributed by atoms with Crippen LogP contribution in [-0.2, 0) is 7.05 Å². The molecule has 2 rings (SSSR count). The highest BCUT2D eigenvalue weighted by Gasteiger charge is 2.12. The first-order chi connectivity index (χ1) is 8.99. The van der Waals surface area contributed by atoms with Gasteiger partial charge in [0.15, 0.2) is 0 Å². The molecule has 1 heterocycles. The number of carbonyl (C=O) groups is 1. The van der Waals surface area contributed by atoms with Crippen LogP contribution in [0.25, 0.3) is 0 Å². The van der Waals surface area contributed by atoms with Gasteiger partial charge in [0.1, 0.15) is 5.56 Å². The summed E-state index contributed by atoms with van der Waals surface area (Å²) < 4.78 is 0.851. The molecule has 6 nitrogen and oxygen atoms in total. The zero-order chi connectivity index (χ0) is 14.0. The summed E-state index contributed by atoms with van der Waals surface area (Å²) in [4.78, 5) is 37.2. The summed E-state index contributed by atoms with van der Waals surface area (Å²) in [6, 6.07) is 7.17. The van der Waals surface area contributed by atoms with Crippen LogP contribution in [0.4, 0.5) is 5.69 Å². The summed E-state index contributed by atoms with van der Waals surface area (Å²) >= 11 is 0. The molecule has 19 heavy (non-hydrogen) atoms. The van der Waals surface area contributed by atoms with Gasteiger partial charge in [0, 0.05) is 18.9 Å². The molecule has 0 aliphatic carbocycles. The van der Waals surface area contributed by atoms with Gasteiger partial charge in [-0.1, -0.05) is 17.7 Å². The summed E-state index contributed by atoms with van der Waals surface area (Å²) in [7, 11) is 1.31. The third kappa shape index (κ3) is 2.62. The fourth-order valence-electron chi connectivity index (χ4n) is 1.56. The van der Waals surface area contributed by atoms with Gasteiger partial charge in [0.25, 0.3) is 11.5 Å². The molecular formula is C13H13N3O3. The molecule has 0 bridgehead atoms. The molecule has 1 aromatic carbocycles. The Kier molecular flexibility index (Phi) is 3.33. The summed E-state index contributed by atoms with van der Waals surface area (Å²) in [5.41, 5.74) is 0.356. The summed E-state index contributed by atoms with van der Waals surface area (Å²) in [5, 5.41) is 2.60. The Morgan fingerprint density at radius 3 is 2.47 bits per heavy atom. The van der Waals surface area contributed by atoms with Crippen molar-refractivity contribution < 1.29 is 4.79 Å². The number of aromatic amines is 1. The molecule has 0 saturated heterocycles. The first-order valence-electron chi connectivity index (χ1n) is 5.66. The number of benzene rings is 1. The Bertz CT molecular complexity index is 726. The molecule has 0 unspecified atom stereocenters. The standard InChI is InChI=1S/C13H13N3O3/c1-8-3-5-9(6-4-8)15-11(17)10-7-14-13(19)16(2)12(10)18/h3-7H,1-2H3,(H,14,19)(H,15,17). The quantitative estimate of drug-likeness (QED) is 0.829. The van der Waals surface area contributed by atoms with Gasteiger partial charge >= 0.3 is 5.69 Å². The maximum Gasteiger partial charge on any atom is 0.328 e. The Hall–Kier alpha value is -2.63. The molecule has 0 aliphatic heterocycles. The molecule has 1 aromatic heterocycles. The van der Waals surface area contributed by atoms with E-state index in [2.05, 4.69) is 10.3 Å². The molecule has 0 saturated carbocycles. The number of hydrogen-bond acceptors (Lipinski definition) is 3. The number of aromatic nitrogens is 2. The lowest BCUT2D eigenvalue weighted by Crippen LogP contribution is -2.37.